The monoisotopic (exact) mass is 268 g/mol. The Morgan fingerprint density at radius 2 is 2.00 bits per heavy atom. The number of nitrogens with one attached hydrogen (secondary N) is 1. The van der Waals surface area contributed by atoms with E-state index in [-0.39, 0.29) is 0 Å². The van der Waals surface area contributed by atoms with E-state index in [0.717, 1.165) is 17.4 Å². The number of fused-ring (bicyclic) bond motifs is 1. The predicted molar refractivity (Wildman–Crippen MR) is 85.9 cm³/mol. The molecule has 0 aliphatic heterocycles. The van der Waals surface area contributed by atoms with Crippen LogP contribution in [-0.4, -0.2) is 11.0 Å². The molecule has 1 fully saturated rings. The normalized spacial score (nSPS) is 23.1. The molecule has 1 saturated carbocycles. The molecule has 3 rings (SSSR count). The quantitative estimate of drug-likeness (QED) is 0.859. The lowest BCUT2D eigenvalue weighted by atomic mass is 9.78. The predicted octanol–water partition coefficient (Wildman–Crippen LogP) is 4.86. The van der Waals surface area contributed by atoms with Crippen molar-refractivity contribution in [1.29, 1.82) is 0 Å². The molecule has 1 N–H and O–H groups in total. The molecule has 0 amide bonds. The van der Waals surface area contributed by atoms with Gasteiger partial charge in [0.25, 0.3) is 0 Å². The van der Waals surface area contributed by atoms with Crippen molar-refractivity contribution in [1.82, 2.24) is 4.98 Å². The third kappa shape index (κ3) is 2.79. The minimum Gasteiger partial charge on any atom is -0.382 e. The van der Waals surface area contributed by atoms with Gasteiger partial charge in [-0.05, 0) is 48.9 Å². The minimum atomic E-state index is 0.623. The lowest BCUT2D eigenvalue weighted by Gasteiger charge is -2.35. The third-order valence-corrected chi connectivity index (χ3v) is 4.63. The van der Waals surface area contributed by atoms with Crippen LogP contribution >= 0.6 is 0 Å². The molecule has 2 aromatic rings. The van der Waals surface area contributed by atoms with Crippen LogP contribution in [0.3, 0.4) is 0 Å². The fourth-order valence-electron chi connectivity index (χ4n) is 3.52. The van der Waals surface area contributed by atoms with E-state index < -0.39 is 0 Å². The highest BCUT2D eigenvalue weighted by atomic mass is 14.9. The summed E-state index contributed by atoms with van der Waals surface area (Å²) < 4.78 is 0. The Hall–Kier alpha value is -1.57. The first-order valence-electron chi connectivity index (χ1n) is 7.85. The van der Waals surface area contributed by atoms with E-state index in [9.17, 15) is 0 Å². The number of hydrogen-bond acceptors (Lipinski definition) is 2. The van der Waals surface area contributed by atoms with Crippen LogP contribution in [0.5, 0.6) is 0 Å². The van der Waals surface area contributed by atoms with Gasteiger partial charge < -0.3 is 5.32 Å². The van der Waals surface area contributed by atoms with Crippen LogP contribution in [0.25, 0.3) is 10.9 Å². The molecule has 1 aliphatic rings. The second-order valence-electron chi connectivity index (χ2n) is 6.35. The summed E-state index contributed by atoms with van der Waals surface area (Å²) in [5, 5.41) is 4.99. The van der Waals surface area contributed by atoms with Crippen LogP contribution in [0.1, 0.15) is 39.5 Å². The maximum Gasteiger partial charge on any atom is 0.0703 e. The molecule has 2 nitrogen and oxygen atoms in total. The molecule has 2 unspecified atom stereocenters. The highest BCUT2D eigenvalue weighted by Gasteiger charge is 2.27. The van der Waals surface area contributed by atoms with Gasteiger partial charge >= 0.3 is 0 Å². The first-order valence-corrected chi connectivity index (χ1v) is 7.85. The van der Waals surface area contributed by atoms with Gasteiger partial charge in [-0.25, -0.2) is 0 Å². The summed E-state index contributed by atoms with van der Waals surface area (Å²) in [6, 6.07) is 11.3. The number of aromatic nitrogens is 1. The summed E-state index contributed by atoms with van der Waals surface area (Å²) in [5.74, 6) is 1.56. The zero-order valence-corrected chi connectivity index (χ0v) is 12.5. The van der Waals surface area contributed by atoms with Gasteiger partial charge in [-0.1, -0.05) is 32.8 Å². The van der Waals surface area contributed by atoms with E-state index in [1.807, 2.05) is 12.3 Å². The number of hydrogen-bond donors (Lipinski definition) is 1. The first kappa shape index (κ1) is 13.4. The first-order chi connectivity index (χ1) is 9.74. The molecule has 1 aromatic heterocycles. The highest BCUT2D eigenvalue weighted by molar-refractivity contribution is 5.82. The molecule has 0 radical (unpaired) electrons. The molecular weight excluding hydrogens is 244 g/mol. The van der Waals surface area contributed by atoms with Gasteiger partial charge in [-0.15, -0.1) is 0 Å². The van der Waals surface area contributed by atoms with Gasteiger partial charge in [0.15, 0.2) is 0 Å². The van der Waals surface area contributed by atoms with Crippen molar-refractivity contribution in [3.05, 3.63) is 36.5 Å². The summed E-state index contributed by atoms with van der Waals surface area (Å²) in [5.41, 5.74) is 2.31. The Labute approximate surface area is 121 Å². The van der Waals surface area contributed by atoms with Crippen molar-refractivity contribution >= 4 is 16.6 Å². The number of benzene rings is 1. The van der Waals surface area contributed by atoms with E-state index >= 15 is 0 Å². The van der Waals surface area contributed by atoms with Crippen molar-refractivity contribution in [2.75, 3.05) is 5.32 Å². The van der Waals surface area contributed by atoms with Crippen molar-refractivity contribution in [2.24, 2.45) is 11.8 Å². The molecule has 2 heteroatoms. The second-order valence-corrected chi connectivity index (χ2v) is 6.35. The standard InChI is InChI=1S/C18H24N2/c1-13(2)16-7-3-4-8-18(16)20-15-9-10-17-14(12-15)6-5-11-19-17/h5-6,9-13,16,18,20H,3-4,7-8H2,1-2H3. The lowest BCUT2D eigenvalue weighted by molar-refractivity contribution is 0.254. The fourth-order valence-corrected chi connectivity index (χ4v) is 3.52. The minimum absolute atomic E-state index is 0.623. The van der Waals surface area contributed by atoms with Gasteiger partial charge in [-0.3, -0.25) is 4.98 Å². The van der Waals surface area contributed by atoms with Crippen molar-refractivity contribution in [3.63, 3.8) is 0 Å². The van der Waals surface area contributed by atoms with E-state index in [4.69, 9.17) is 0 Å². The number of anilines is 1. The van der Waals surface area contributed by atoms with Crippen molar-refractivity contribution in [2.45, 2.75) is 45.6 Å². The van der Waals surface area contributed by atoms with Gasteiger partial charge in [0.1, 0.15) is 0 Å². The molecule has 1 heterocycles. The van der Waals surface area contributed by atoms with Crippen LogP contribution in [0.15, 0.2) is 36.5 Å². The maximum atomic E-state index is 4.38. The van der Waals surface area contributed by atoms with Crippen LogP contribution in [0, 0.1) is 11.8 Å². The Kier molecular flexibility index (Phi) is 3.90. The molecule has 20 heavy (non-hydrogen) atoms. The van der Waals surface area contributed by atoms with Crippen LogP contribution in [-0.2, 0) is 0 Å². The highest BCUT2D eigenvalue weighted by Crippen LogP contribution is 2.32. The average Bonchev–Trinajstić information content (AvgIpc) is 2.47. The maximum absolute atomic E-state index is 4.38. The molecule has 106 valence electrons. The fraction of sp³-hybridized carbons (Fsp3) is 0.500. The topological polar surface area (TPSA) is 24.9 Å². The summed E-state index contributed by atoms with van der Waals surface area (Å²) in [6.45, 7) is 4.71. The van der Waals surface area contributed by atoms with Crippen LogP contribution < -0.4 is 5.32 Å². The van der Waals surface area contributed by atoms with E-state index in [1.165, 1.54) is 36.8 Å². The summed E-state index contributed by atoms with van der Waals surface area (Å²) in [6.07, 6.45) is 7.27. The molecular formula is C18H24N2. The SMILES string of the molecule is CC(C)C1CCCCC1Nc1ccc2ncccc2c1. The van der Waals surface area contributed by atoms with Crippen molar-refractivity contribution < 1.29 is 0 Å². The summed E-state index contributed by atoms with van der Waals surface area (Å²) in [4.78, 5) is 4.38. The molecule has 1 aromatic carbocycles. The van der Waals surface area contributed by atoms with Crippen molar-refractivity contribution in [3.8, 4) is 0 Å². The Morgan fingerprint density at radius 3 is 2.85 bits per heavy atom. The number of nitrogens with zero attached hydrogens (tertiary/aromatic N) is 1. The third-order valence-electron chi connectivity index (χ3n) is 4.63. The van der Waals surface area contributed by atoms with Crippen LogP contribution in [0.2, 0.25) is 0 Å². The van der Waals surface area contributed by atoms with E-state index in [0.29, 0.717) is 6.04 Å². The Morgan fingerprint density at radius 1 is 1.15 bits per heavy atom. The summed E-state index contributed by atoms with van der Waals surface area (Å²) in [7, 11) is 0. The van der Waals surface area contributed by atoms with Gasteiger partial charge in [0.05, 0.1) is 5.52 Å². The number of rotatable bonds is 3. The molecule has 2 atom stereocenters. The summed E-state index contributed by atoms with van der Waals surface area (Å²) >= 11 is 0. The molecule has 0 saturated heterocycles. The van der Waals surface area contributed by atoms with E-state index in [2.05, 4.69) is 48.4 Å². The van der Waals surface area contributed by atoms with Crippen LogP contribution in [0.4, 0.5) is 5.69 Å². The molecule has 0 bridgehead atoms. The average molecular weight is 268 g/mol. The Balaban J connectivity index is 1.80. The zero-order valence-electron chi connectivity index (χ0n) is 12.5. The molecule has 0 spiro atoms. The zero-order chi connectivity index (χ0) is 13.9. The van der Waals surface area contributed by atoms with Gasteiger partial charge in [-0.2, -0.15) is 0 Å². The van der Waals surface area contributed by atoms with Gasteiger partial charge in [0.2, 0.25) is 0 Å². The smallest absolute Gasteiger partial charge is 0.0703 e. The van der Waals surface area contributed by atoms with Gasteiger partial charge in [0, 0.05) is 23.3 Å². The Bertz CT molecular complexity index is 576. The van der Waals surface area contributed by atoms with E-state index in [1.54, 1.807) is 0 Å². The largest absolute Gasteiger partial charge is 0.382 e. The second kappa shape index (κ2) is 5.82. The lowest BCUT2D eigenvalue weighted by Crippen LogP contribution is -2.35. The molecule has 1 aliphatic carbocycles. The number of pyridine rings is 1.